The third-order valence-electron chi connectivity index (χ3n) is 3.91. The van der Waals surface area contributed by atoms with Crippen molar-refractivity contribution < 1.29 is 9.53 Å². The number of carbonyl (C=O) groups excluding carboxylic acids is 1. The standard InChI is InChI=1S/C19H20N2O2/c1-21-11-10-18(19(21)22)20-13-16-8-5-9-17(12-16)23-14-15-6-3-2-4-7-15/h2-9,12-13,18H,10-11,14H2,1H3. The fourth-order valence-electron chi connectivity index (χ4n) is 2.54. The van der Waals surface area contributed by atoms with Crippen LogP contribution in [-0.2, 0) is 11.4 Å². The van der Waals surface area contributed by atoms with Crippen LogP contribution in [0.25, 0.3) is 0 Å². The van der Waals surface area contributed by atoms with E-state index in [0.717, 1.165) is 29.8 Å². The Hall–Kier alpha value is -2.62. The van der Waals surface area contributed by atoms with E-state index in [0.29, 0.717) is 6.61 Å². The van der Waals surface area contributed by atoms with Crippen molar-refractivity contribution in [3.63, 3.8) is 0 Å². The number of ether oxygens (including phenoxy) is 1. The van der Waals surface area contributed by atoms with Gasteiger partial charge in [-0.1, -0.05) is 42.5 Å². The second-order valence-corrected chi connectivity index (χ2v) is 5.69. The van der Waals surface area contributed by atoms with Gasteiger partial charge in [0.2, 0.25) is 5.91 Å². The average molecular weight is 308 g/mol. The van der Waals surface area contributed by atoms with Gasteiger partial charge in [0.25, 0.3) is 0 Å². The predicted octanol–water partition coefficient (Wildman–Crippen LogP) is 2.92. The van der Waals surface area contributed by atoms with E-state index in [4.69, 9.17) is 4.74 Å². The Labute approximate surface area is 136 Å². The van der Waals surface area contributed by atoms with Gasteiger partial charge in [-0.2, -0.15) is 0 Å². The molecule has 3 rings (SSSR count). The highest BCUT2D eigenvalue weighted by Crippen LogP contribution is 2.16. The zero-order valence-corrected chi connectivity index (χ0v) is 13.2. The van der Waals surface area contributed by atoms with Gasteiger partial charge in [-0.25, -0.2) is 0 Å². The number of carbonyl (C=O) groups is 1. The Balaban J connectivity index is 1.62. The van der Waals surface area contributed by atoms with Crippen LogP contribution in [0.5, 0.6) is 5.75 Å². The van der Waals surface area contributed by atoms with Gasteiger partial charge in [0.1, 0.15) is 18.4 Å². The van der Waals surface area contributed by atoms with Gasteiger partial charge in [0.15, 0.2) is 0 Å². The van der Waals surface area contributed by atoms with Crippen LogP contribution in [0.15, 0.2) is 59.6 Å². The zero-order chi connectivity index (χ0) is 16.1. The van der Waals surface area contributed by atoms with Crippen molar-refractivity contribution in [1.82, 2.24) is 4.90 Å². The zero-order valence-electron chi connectivity index (χ0n) is 13.2. The lowest BCUT2D eigenvalue weighted by molar-refractivity contribution is -0.127. The van der Waals surface area contributed by atoms with E-state index in [2.05, 4.69) is 4.99 Å². The van der Waals surface area contributed by atoms with Crippen molar-refractivity contribution >= 4 is 12.1 Å². The molecule has 4 heteroatoms. The van der Waals surface area contributed by atoms with Crippen molar-refractivity contribution in [1.29, 1.82) is 0 Å². The van der Waals surface area contributed by atoms with Crippen LogP contribution in [0.3, 0.4) is 0 Å². The summed E-state index contributed by atoms with van der Waals surface area (Å²) < 4.78 is 5.81. The second kappa shape index (κ2) is 7.09. The van der Waals surface area contributed by atoms with E-state index in [1.54, 1.807) is 11.1 Å². The molecule has 0 N–H and O–H groups in total. The molecular weight excluding hydrogens is 288 g/mol. The normalized spacial score (nSPS) is 17.9. The molecule has 0 aliphatic carbocycles. The van der Waals surface area contributed by atoms with Gasteiger partial charge in [-0.15, -0.1) is 0 Å². The number of hydrogen-bond donors (Lipinski definition) is 0. The minimum atomic E-state index is -0.242. The molecule has 1 saturated heterocycles. The number of rotatable bonds is 5. The maximum Gasteiger partial charge on any atom is 0.247 e. The number of likely N-dealkylation sites (N-methyl/N-ethyl adjacent to an activating group) is 1. The summed E-state index contributed by atoms with van der Waals surface area (Å²) in [6.45, 7) is 1.31. The first-order valence-corrected chi connectivity index (χ1v) is 7.77. The van der Waals surface area contributed by atoms with Crippen molar-refractivity contribution in [3.8, 4) is 5.75 Å². The predicted molar refractivity (Wildman–Crippen MR) is 90.9 cm³/mol. The van der Waals surface area contributed by atoms with Crippen LogP contribution in [0.1, 0.15) is 17.5 Å². The van der Waals surface area contributed by atoms with Gasteiger partial charge in [-0.3, -0.25) is 9.79 Å². The quantitative estimate of drug-likeness (QED) is 0.797. The van der Waals surface area contributed by atoms with E-state index in [1.165, 1.54) is 0 Å². The van der Waals surface area contributed by atoms with E-state index in [-0.39, 0.29) is 11.9 Å². The molecule has 1 amide bonds. The Morgan fingerprint density at radius 2 is 2.04 bits per heavy atom. The highest BCUT2D eigenvalue weighted by atomic mass is 16.5. The lowest BCUT2D eigenvalue weighted by Crippen LogP contribution is -2.24. The summed E-state index contributed by atoms with van der Waals surface area (Å²) in [5.41, 5.74) is 2.07. The second-order valence-electron chi connectivity index (χ2n) is 5.69. The first kappa shape index (κ1) is 15.3. The Kier molecular flexibility index (Phi) is 4.71. The lowest BCUT2D eigenvalue weighted by atomic mass is 10.2. The topological polar surface area (TPSA) is 41.9 Å². The molecular formula is C19H20N2O2. The fourth-order valence-corrected chi connectivity index (χ4v) is 2.54. The molecule has 1 heterocycles. The van der Waals surface area contributed by atoms with Gasteiger partial charge in [0.05, 0.1) is 0 Å². The number of hydrogen-bond acceptors (Lipinski definition) is 3. The van der Waals surface area contributed by atoms with E-state index in [9.17, 15) is 4.79 Å². The molecule has 2 aromatic rings. The summed E-state index contributed by atoms with van der Waals surface area (Å²) in [4.78, 5) is 18.0. The summed E-state index contributed by atoms with van der Waals surface area (Å²) in [6, 6.07) is 17.6. The number of nitrogens with zero attached hydrogens (tertiary/aromatic N) is 2. The molecule has 1 aliphatic rings. The maximum absolute atomic E-state index is 11.8. The molecule has 118 valence electrons. The van der Waals surface area contributed by atoms with Crippen molar-refractivity contribution in [3.05, 3.63) is 65.7 Å². The van der Waals surface area contributed by atoms with Crippen LogP contribution in [0.2, 0.25) is 0 Å². The Morgan fingerprint density at radius 3 is 2.78 bits per heavy atom. The van der Waals surface area contributed by atoms with Gasteiger partial charge >= 0.3 is 0 Å². The Bertz CT molecular complexity index is 698. The minimum Gasteiger partial charge on any atom is -0.489 e. The van der Waals surface area contributed by atoms with Gasteiger partial charge < -0.3 is 9.64 Å². The number of amides is 1. The lowest BCUT2D eigenvalue weighted by Gasteiger charge is -2.07. The number of aliphatic imine (C=N–C) groups is 1. The monoisotopic (exact) mass is 308 g/mol. The maximum atomic E-state index is 11.8. The first-order chi connectivity index (χ1) is 11.2. The average Bonchev–Trinajstić information content (AvgIpc) is 2.91. The van der Waals surface area contributed by atoms with Crippen LogP contribution in [0.4, 0.5) is 0 Å². The molecule has 2 aromatic carbocycles. The summed E-state index contributed by atoms with van der Waals surface area (Å²) in [5, 5.41) is 0. The van der Waals surface area contributed by atoms with E-state index >= 15 is 0 Å². The molecule has 4 nitrogen and oxygen atoms in total. The van der Waals surface area contributed by atoms with Crippen molar-refractivity contribution in [2.24, 2.45) is 4.99 Å². The molecule has 23 heavy (non-hydrogen) atoms. The van der Waals surface area contributed by atoms with Crippen LogP contribution >= 0.6 is 0 Å². The first-order valence-electron chi connectivity index (χ1n) is 7.77. The third kappa shape index (κ3) is 3.97. The summed E-state index contributed by atoms with van der Waals surface area (Å²) in [7, 11) is 1.82. The summed E-state index contributed by atoms with van der Waals surface area (Å²) in [5.74, 6) is 0.894. The summed E-state index contributed by atoms with van der Waals surface area (Å²) in [6.07, 6.45) is 2.55. The van der Waals surface area contributed by atoms with Crippen molar-refractivity contribution in [2.75, 3.05) is 13.6 Å². The molecule has 1 unspecified atom stereocenters. The fraction of sp³-hybridized carbons (Fsp3) is 0.263. The summed E-state index contributed by atoms with van der Waals surface area (Å²) >= 11 is 0. The van der Waals surface area contributed by atoms with Crippen LogP contribution in [-0.4, -0.2) is 36.7 Å². The molecule has 0 bridgehead atoms. The molecule has 1 atom stereocenters. The van der Waals surface area contributed by atoms with Crippen molar-refractivity contribution in [2.45, 2.75) is 19.1 Å². The SMILES string of the molecule is CN1CCC(N=Cc2cccc(OCc3ccccc3)c2)C1=O. The molecule has 0 spiro atoms. The molecule has 1 aliphatic heterocycles. The third-order valence-corrected chi connectivity index (χ3v) is 3.91. The molecule has 0 radical (unpaired) electrons. The highest BCUT2D eigenvalue weighted by Gasteiger charge is 2.27. The molecule has 0 aromatic heterocycles. The smallest absolute Gasteiger partial charge is 0.247 e. The minimum absolute atomic E-state index is 0.0951. The largest absolute Gasteiger partial charge is 0.489 e. The van der Waals surface area contributed by atoms with Crippen LogP contribution < -0.4 is 4.74 Å². The van der Waals surface area contributed by atoms with E-state index < -0.39 is 0 Å². The molecule has 1 fully saturated rings. The Morgan fingerprint density at radius 1 is 1.22 bits per heavy atom. The highest BCUT2D eigenvalue weighted by molar-refractivity contribution is 5.88. The van der Waals surface area contributed by atoms with Gasteiger partial charge in [-0.05, 0) is 29.7 Å². The van der Waals surface area contributed by atoms with Gasteiger partial charge in [0, 0.05) is 19.8 Å². The number of likely N-dealkylation sites (tertiary alicyclic amines) is 1. The van der Waals surface area contributed by atoms with Crippen LogP contribution in [0, 0.1) is 0 Å². The van der Waals surface area contributed by atoms with E-state index in [1.807, 2.05) is 61.6 Å². The molecule has 0 saturated carbocycles. The number of benzene rings is 2.